The smallest absolute Gasteiger partial charge is 0.315 e. The van der Waals surface area contributed by atoms with Crippen LogP contribution in [-0.2, 0) is 11.3 Å². The van der Waals surface area contributed by atoms with Crippen molar-refractivity contribution in [3.63, 3.8) is 0 Å². The lowest BCUT2D eigenvalue weighted by Crippen LogP contribution is -2.49. The largest absolute Gasteiger partial charge is 0.367 e. The minimum absolute atomic E-state index is 0.00673. The zero-order valence-corrected chi connectivity index (χ0v) is 14.5. The first-order valence-electron chi connectivity index (χ1n) is 7.26. The second-order valence-corrected chi connectivity index (χ2v) is 8.09. The Kier molecular flexibility index (Phi) is 4.31. The Labute approximate surface area is 130 Å². The zero-order chi connectivity index (χ0) is 15.8. The summed E-state index contributed by atoms with van der Waals surface area (Å²) in [5, 5.41) is 6.82. The van der Waals surface area contributed by atoms with Crippen molar-refractivity contribution in [1.82, 2.24) is 15.6 Å². The number of ether oxygens (including phenoxy) is 1. The van der Waals surface area contributed by atoms with Crippen molar-refractivity contribution in [3.8, 4) is 0 Å². The van der Waals surface area contributed by atoms with Gasteiger partial charge < -0.3 is 15.4 Å². The molecule has 5 nitrogen and oxygen atoms in total. The van der Waals surface area contributed by atoms with Gasteiger partial charge in [0.15, 0.2) is 0 Å². The number of nitrogens with one attached hydrogen (secondary N) is 2. The number of hydrogen-bond donors (Lipinski definition) is 2. The molecule has 21 heavy (non-hydrogen) atoms. The molecule has 0 radical (unpaired) electrons. The highest BCUT2D eigenvalue weighted by Gasteiger charge is 2.46. The van der Waals surface area contributed by atoms with Gasteiger partial charge in [0.25, 0.3) is 0 Å². The van der Waals surface area contributed by atoms with Crippen LogP contribution in [0.15, 0.2) is 0 Å². The predicted molar refractivity (Wildman–Crippen MR) is 84.6 cm³/mol. The highest BCUT2D eigenvalue weighted by molar-refractivity contribution is 7.11. The number of hydrogen-bond acceptors (Lipinski definition) is 4. The lowest BCUT2D eigenvalue weighted by molar-refractivity contribution is -0.0690. The summed E-state index contributed by atoms with van der Waals surface area (Å²) in [5.41, 5.74) is 0.476. The van der Waals surface area contributed by atoms with Crippen LogP contribution in [-0.4, -0.2) is 28.3 Å². The van der Waals surface area contributed by atoms with Gasteiger partial charge in [0.2, 0.25) is 0 Å². The minimum Gasteiger partial charge on any atom is -0.367 e. The van der Waals surface area contributed by atoms with Crippen molar-refractivity contribution in [3.05, 3.63) is 15.6 Å². The van der Waals surface area contributed by atoms with Gasteiger partial charge >= 0.3 is 6.03 Å². The van der Waals surface area contributed by atoms with E-state index in [1.54, 1.807) is 11.3 Å². The summed E-state index contributed by atoms with van der Waals surface area (Å²) in [7, 11) is 0. The molecule has 1 aliphatic rings. The van der Waals surface area contributed by atoms with Crippen molar-refractivity contribution in [2.24, 2.45) is 0 Å². The topological polar surface area (TPSA) is 63.2 Å². The van der Waals surface area contributed by atoms with E-state index in [1.165, 1.54) is 4.88 Å². The first-order chi connectivity index (χ1) is 9.59. The molecule has 1 aliphatic heterocycles. The average Bonchev–Trinajstić information content (AvgIpc) is 2.73. The molecule has 0 bridgehead atoms. The van der Waals surface area contributed by atoms with E-state index in [9.17, 15) is 4.79 Å². The van der Waals surface area contributed by atoms with Crippen LogP contribution in [0.1, 0.15) is 49.7 Å². The second-order valence-electron chi connectivity index (χ2n) is 6.80. The second kappa shape index (κ2) is 5.57. The Morgan fingerprint density at radius 2 is 2.05 bits per heavy atom. The SMILES string of the molecule is Cc1nc(CNC(=O)N[C@@H]2CC(C)(C)OC2(C)C)sc1C. The molecule has 0 aliphatic carbocycles. The molecular formula is C15H25N3O2S. The third kappa shape index (κ3) is 3.95. The Balaban J connectivity index is 1.87. The van der Waals surface area contributed by atoms with Crippen molar-refractivity contribution < 1.29 is 9.53 Å². The van der Waals surface area contributed by atoms with Crippen molar-refractivity contribution >= 4 is 17.4 Å². The average molecular weight is 311 g/mol. The Bertz CT molecular complexity index is 518. The van der Waals surface area contributed by atoms with Crippen LogP contribution in [0.3, 0.4) is 0 Å². The van der Waals surface area contributed by atoms with Gasteiger partial charge in [-0.15, -0.1) is 11.3 Å². The van der Waals surface area contributed by atoms with Gasteiger partial charge in [0.05, 0.1) is 29.5 Å². The molecule has 2 N–H and O–H groups in total. The van der Waals surface area contributed by atoms with E-state index in [-0.39, 0.29) is 23.3 Å². The van der Waals surface area contributed by atoms with Gasteiger partial charge in [-0.05, 0) is 48.0 Å². The molecule has 1 aromatic heterocycles. The quantitative estimate of drug-likeness (QED) is 0.902. The molecule has 0 unspecified atom stereocenters. The Hall–Kier alpha value is -1.14. The van der Waals surface area contributed by atoms with Crippen LogP contribution < -0.4 is 10.6 Å². The van der Waals surface area contributed by atoms with E-state index in [1.807, 2.05) is 27.7 Å². The number of aryl methyl sites for hydroxylation is 2. The van der Waals surface area contributed by atoms with E-state index in [0.29, 0.717) is 6.54 Å². The summed E-state index contributed by atoms with van der Waals surface area (Å²) >= 11 is 1.62. The van der Waals surface area contributed by atoms with Gasteiger partial charge in [-0.25, -0.2) is 9.78 Å². The monoisotopic (exact) mass is 311 g/mol. The maximum Gasteiger partial charge on any atom is 0.315 e. The number of thiazole rings is 1. The molecule has 118 valence electrons. The number of aromatic nitrogens is 1. The molecule has 0 aromatic carbocycles. The van der Waals surface area contributed by atoms with Gasteiger partial charge in [-0.3, -0.25) is 0 Å². The fourth-order valence-electron chi connectivity index (χ4n) is 2.77. The summed E-state index contributed by atoms with van der Waals surface area (Å²) in [5.74, 6) is 0. The summed E-state index contributed by atoms with van der Waals surface area (Å²) < 4.78 is 5.98. The molecule has 2 amide bonds. The van der Waals surface area contributed by atoms with Crippen molar-refractivity contribution in [2.75, 3.05) is 0 Å². The fraction of sp³-hybridized carbons (Fsp3) is 0.733. The van der Waals surface area contributed by atoms with Crippen LogP contribution in [0.4, 0.5) is 4.79 Å². The minimum atomic E-state index is -0.352. The molecule has 1 saturated heterocycles. The number of rotatable bonds is 3. The standard InChI is InChI=1S/C15H25N3O2S/c1-9-10(2)21-12(17-9)8-16-13(19)18-11-7-14(3,4)20-15(11,5)6/h11H,7-8H2,1-6H3,(H2,16,18,19)/t11-/m1/s1. The van der Waals surface area contributed by atoms with Crippen LogP contribution in [0.2, 0.25) is 0 Å². The third-order valence-electron chi connectivity index (χ3n) is 3.85. The lowest BCUT2D eigenvalue weighted by atomic mass is 9.95. The number of urea groups is 1. The lowest BCUT2D eigenvalue weighted by Gasteiger charge is -2.27. The van der Waals surface area contributed by atoms with Crippen molar-refractivity contribution in [2.45, 2.75) is 71.8 Å². The number of carbonyl (C=O) groups excluding carboxylic acids is 1. The van der Waals surface area contributed by atoms with Gasteiger partial charge in [0.1, 0.15) is 5.01 Å². The molecule has 0 saturated carbocycles. The molecule has 2 rings (SSSR count). The van der Waals surface area contributed by atoms with Crippen LogP contribution in [0, 0.1) is 13.8 Å². The van der Waals surface area contributed by atoms with Gasteiger partial charge in [0, 0.05) is 4.88 Å². The zero-order valence-electron chi connectivity index (χ0n) is 13.7. The molecule has 0 spiro atoms. The van der Waals surface area contributed by atoms with Crippen LogP contribution in [0.5, 0.6) is 0 Å². The Morgan fingerprint density at radius 3 is 2.52 bits per heavy atom. The number of nitrogens with zero attached hydrogens (tertiary/aromatic N) is 1. The first kappa shape index (κ1) is 16.2. The maximum atomic E-state index is 12.1. The highest BCUT2D eigenvalue weighted by Crippen LogP contribution is 2.37. The maximum absolute atomic E-state index is 12.1. The summed E-state index contributed by atoms with van der Waals surface area (Å²) in [6, 6.07) is -0.160. The van der Waals surface area contributed by atoms with E-state index in [2.05, 4.69) is 29.5 Å². The Morgan fingerprint density at radius 1 is 1.38 bits per heavy atom. The summed E-state index contributed by atoms with van der Waals surface area (Å²) in [6.07, 6.45) is 0.808. The normalized spacial score (nSPS) is 23.0. The molecule has 2 heterocycles. The molecule has 1 fully saturated rings. The van der Waals surface area contributed by atoms with E-state index < -0.39 is 0 Å². The van der Waals surface area contributed by atoms with Crippen LogP contribution in [0.25, 0.3) is 0 Å². The van der Waals surface area contributed by atoms with E-state index in [4.69, 9.17) is 4.74 Å². The highest BCUT2D eigenvalue weighted by atomic mass is 32.1. The first-order valence-corrected chi connectivity index (χ1v) is 8.08. The molecule has 6 heteroatoms. The third-order valence-corrected chi connectivity index (χ3v) is 4.93. The predicted octanol–water partition coefficient (Wildman–Crippen LogP) is 2.91. The number of amides is 2. The number of carbonyl (C=O) groups is 1. The molecule has 1 atom stereocenters. The summed E-state index contributed by atoms with van der Waals surface area (Å²) in [6.45, 7) is 12.6. The summed E-state index contributed by atoms with van der Waals surface area (Å²) in [4.78, 5) is 17.7. The van der Waals surface area contributed by atoms with Crippen molar-refractivity contribution in [1.29, 1.82) is 0 Å². The van der Waals surface area contributed by atoms with Gasteiger partial charge in [-0.2, -0.15) is 0 Å². The molecule has 1 aromatic rings. The fourth-order valence-corrected chi connectivity index (χ4v) is 3.64. The van der Waals surface area contributed by atoms with E-state index in [0.717, 1.165) is 17.1 Å². The van der Waals surface area contributed by atoms with Gasteiger partial charge in [-0.1, -0.05) is 0 Å². The molecular weight excluding hydrogens is 286 g/mol. The van der Waals surface area contributed by atoms with E-state index >= 15 is 0 Å². The van der Waals surface area contributed by atoms with Crippen LogP contribution >= 0.6 is 11.3 Å².